The quantitative estimate of drug-likeness (QED) is 0.845. The average Bonchev–Trinajstić information content (AvgIpc) is 2.47. The first-order valence-corrected chi connectivity index (χ1v) is 7.83. The van der Waals surface area contributed by atoms with Crippen molar-refractivity contribution in [3.8, 4) is 0 Å². The molecule has 2 rings (SSSR count). The van der Waals surface area contributed by atoms with Crippen LogP contribution in [0.3, 0.4) is 0 Å². The molecule has 1 amide bonds. The molecule has 0 aromatic rings. The Labute approximate surface area is 116 Å². The van der Waals surface area contributed by atoms with E-state index in [9.17, 15) is 4.79 Å². The molecule has 1 heterocycles. The standard InChI is InChI=1S/C15H28N2O2/c1-3-13-5-4-6-14(11-13)16-12(2)15(18)17-7-9-19-10-8-17/h12-14,16H,3-11H2,1-2H3. The molecule has 4 nitrogen and oxygen atoms in total. The van der Waals surface area contributed by atoms with Crippen LogP contribution in [0.1, 0.15) is 46.0 Å². The first kappa shape index (κ1) is 14.8. The number of ether oxygens (including phenoxy) is 1. The molecule has 19 heavy (non-hydrogen) atoms. The maximum absolute atomic E-state index is 12.3. The summed E-state index contributed by atoms with van der Waals surface area (Å²) in [5.74, 6) is 1.08. The zero-order valence-electron chi connectivity index (χ0n) is 12.4. The molecule has 0 aromatic carbocycles. The summed E-state index contributed by atoms with van der Waals surface area (Å²) in [7, 11) is 0. The molecule has 1 saturated heterocycles. The van der Waals surface area contributed by atoms with Gasteiger partial charge in [0.25, 0.3) is 0 Å². The monoisotopic (exact) mass is 268 g/mol. The van der Waals surface area contributed by atoms with Gasteiger partial charge in [0.2, 0.25) is 5.91 Å². The number of hydrogen-bond donors (Lipinski definition) is 1. The van der Waals surface area contributed by atoms with Crippen LogP contribution in [0.2, 0.25) is 0 Å². The predicted octanol–water partition coefficient (Wildman–Crippen LogP) is 1.79. The summed E-state index contributed by atoms with van der Waals surface area (Å²) in [4.78, 5) is 14.3. The van der Waals surface area contributed by atoms with Crippen molar-refractivity contribution in [2.75, 3.05) is 26.3 Å². The van der Waals surface area contributed by atoms with Crippen LogP contribution in [0.15, 0.2) is 0 Å². The lowest BCUT2D eigenvalue weighted by atomic mass is 9.84. The van der Waals surface area contributed by atoms with Gasteiger partial charge in [-0.3, -0.25) is 4.79 Å². The first-order valence-electron chi connectivity index (χ1n) is 7.83. The van der Waals surface area contributed by atoms with E-state index in [1.165, 1.54) is 32.1 Å². The minimum absolute atomic E-state index is 0.0568. The van der Waals surface area contributed by atoms with Crippen LogP contribution >= 0.6 is 0 Å². The van der Waals surface area contributed by atoms with Crippen LogP contribution in [-0.2, 0) is 9.53 Å². The molecule has 0 radical (unpaired) electrons. The Morgan fingerprint density at radius 3 is 2.79 bits per heavy atom. The summed E-state index contributed by atoms with van der Waals surface area (Å²) in [6.07, 6.45) is 6.38. The van der Waals surface area contributed by atoms with Crippen molar-refractivity contribution in [2.45, 2.75) is 58.0 Å². The zero-order valence-corrected chi connectivity index (χ0v) is 12.4. The number of nitrogens with one attached hydrogen (secondary N) is 1. The molecule has 1 aliphatic carbocycles. The summed E-state index contributed by atoms with van der Waals surface area (Å²) in [5, 5.41) is 3.55. The lowest BCUT2D eigenvalue weighted by Gasteiger charge is -2.34. The van der Waals surface area contributed by atoms with E-state index in [0.717, 1.165) is 19.0 Å². The maximum atomic E-state index is 12.3. The van der Waals surface area contributed by atoms with Crippen molar-refractivity contribution in [2.24, 2.45) is 5.92 Å². The number of nitrogens with zero attached hydrogens (tertiary/aromatic N) is 1. The molecule has 110 valence electrons. The molecular weight excluding hydrogens is 240 g/mol. The van der Waals surface area contributed by atoms with Gasteiger partial charge in [-0.1, -0.05) is 26.2 Å². The van der Waals surface area contributed by atoms with Crippen molar-refractivity contribution < 1.29 is 9.53 Å². The highest BCUT2D eigenvalue weighted by Gasteiger charge is 2.27. The summed E-state index contributed by atoms with van der Waals surface area (Å²) in [5.41, 5.74) is 0. The van der Waals surface area contributed by atoms with E-state index in [1.807, 2.05) is 11.8 Å². The van der Waals surface area contributed by atoms with Gasteiger partial charge in [0, 0.05) is 19.1 Å². The summed E-state index contributed by atoms with van der Waals surface area (Å²) in [6, 6.07) is 0.470. The number of morpholine rings is 1. The minimum Gasteiger partial charge on any atom is -0.378 e. The summed E-state index contributed by atoms with van der Waals surface area (Å²) < 4.78 is 5.29. The van der Waals surface area contributed by atoms with Gasteiger partial charge < -0.3 is 15.0 Å². The third-order valence-electron chi connectivity index (χ3n) is 4.54. The zero-order chi connectivity index (χ0) is 13.7. The highest BCUT2D eigenvalue weighted by Crippen LogP contribution is 2.26. The molecule has 2 aliphatic rings. The number of carbonyl (C=O) groups is 1. The number of amides is 1. The Morgan fingerprint density at radius 1 is 1.37 bits per heavy atom. The van der Waals surface area contributed by atoms with E-state index < -0.39 is 0 Å². The van der Waals surface area contributed by atoms with Crippen LogP contribution in [0.4, 0.5) is 0 Å². The fourth-order valence-corrected chi connectivity index (χ4v) is 3.30. The third kappa shape index (κ3) is 4.18. The molecule has 2 fully saturated rings. The molecule has 1 aliphatic heterocycles. The summed E-state index contributed by atoms with van der Waals surface area (Å²) in [6.45, 7) is 7.13. The lowest BCUT2D eigenvalue weighted by Crippen LogP contribution is -2.52. The minimum atomic E-state index is -0.0568. The van der Waals surface area contributed by atoms with Crippen LogP contribution in [0, 0.1) is 5.92 Å². The number of carbonyl (C=O) groups excluding carboxylic acids is 1. The maximum Gasteiger partial charge on any atom is 0.239 e. The van der Waals surface area contributed by atoms with Crippen molar-refractivity contribution in [3.05, 3.63) is 0 Å². The van der Waals surface area contributed by atoms with Gasteiger partial charge in [0.15, 0.2) is 0 Å². The van der Waals surface area contributed by atoms with Gasteiger partial charge in [-0.05, 0) is 25.7 Å². The van der Waals surface area contributed by atoms with E-state index in [-0.39, 0.29) is 11.9 Å². The lowest BCUT2D eigenvalue weighted by molar-refractivity contribution is -0.137. The highest BCUT2D eigenvalue weighted by atomic mass is 16.5. The van der Waals surface area contributed by atoms with Crippen molar-refractivity contribution in [1.82, 2.24) is 10.2 Å². The van der Waals surface area contributed by atoms with Gasteiger partial charge in [-0.2, -0.15) is 0 Å². The first-order chi connectivity index (χ1) is 9.20. The molecule has 4 heteroatoms. The molecule has 3 atom stereocenters. The smallest absolute Gasteiger partial charge is 0.239 e. The van der Waals surface area contributed by atoms with E-state index in [0.29, 0.717) is 19.3 Å². The number of rotatable bonds is 4. The van der Waals surface area contributed by atoms with Gasteiger partial charge in [-0.25, -0.2) is 0 Å². The topological polar surface area (TPSA) is 41.6 Å². The van der Waals surface area contributed by atoms with Crippen LogP contribution in [0.25, 0.3) is 0 Å². The Morgan fingerprint density at radius 2 is 2.11 bits per heavy atom. The second kappa shape index (κ2) is 7.25. The fraction of sp³-hybridized carbons (Fsp3) is 0.933. The molecule has 1 saturated carbocycles. The van der Waals surface area contributed by atoms with Crippen LogP contribution < -0.4 is 5.32 Å². The van der Waals surface area contributed by atoms with Crippen LogP contribution in [0.5, 0.6) is 0 Å². The largest absolute Gasteiger partial charge is 0.378 e. The summed E-state index contributed by atoms with van der Waals surface area (Å²) >= 11 is 0. The molecule has 1 N–H and O–H groups in total. The highest BCUT2D eigenvalue weighted by molar-refractivity contribution is 5.81. The molecule has 0 bridgehead atoms. The molecule has 0 aromatic heterocycles. The molecular formula is C15H28N2O2. The Kier molecular flexibility index (Phi) is 5.64. The Balaban J connectivity index is 1.79. The van der Waals surface area contributed by atoms with Gasteiger partial charge in [0.1, 0.15) is 0 Å². The van der Waals surface area contributed by atoms with Crippen molar-refractivity contribution >= 4 is 5.91 Å². The SMILES string of the molecule is CCC1CCCC(NC(C)C(=O)N2CCOCC2)C1. The van der Waals surface area contributed by atoms with Gasteiger partial charge >= 0.3 is 0 Å². The van der Waals surface area contributed by atoms with E-state index in [4.69, 9.17) is 4.74 Å². The van der Waals surface area contributed by atoms with Gasteiger partial charge in [0.05, 0.1) is 19.3 Å². The second-order valence-corrected chi connectivity index (χ2v) is 5.96. The van der Waals surface area contributed by atoms with E-state index in [1.54, 1.807) is 0 Å². The Bertz CT molecular complexity index is 290. The normalized spacial score (nSPS) is 30.1. The molecule has 3 unspecified atom stereocenters. The second-order valence-electron chi connectivity index (χ2n) is 5.96. The van der Waals surface area contributed by atoms with E-state index >= 15 is 0 Å². The number of hydrogen-bond acceptors (Lipinski definition) is 3. The Hall–Kier alpha value is -0.610. The van der Waals surface area contributed by atoms with E-state index in [2.05, 4.69) is 12.2 Å². The third-order valence-corrected chi connectivity index (χ3v) is 4.54. The van der Waals surface area contributed by atoms with Gasteiger partial charge in [-0.15, -0.1) is 0 Å². The molecule has 0 spiro atoms. The fourth-order valence-electron chi connectivity index (χ4n) is 3.30. The van der Waals surface area contributed by atoms with Crippen molar-refractivity contribution in [3.63, 3.8) is 0 Å². The predicted molar refractivity (Wildman–Crippen MR) is 76.0 cm³/mol. The van der Waals surface area contributed by atoms with Crippen molar-refractivity contribution in [1.29, 1.82) is 0 Å². The average molecular weight is 268 g/mol. The van der Waals surface area contributed by atoms with Crippen LogP contribution in [-0.4, -0.2) is 49.2 Å².